The van der Waals surface area contributed by atoms with E-state index >= 15 is 0 Å². The largest absolute Gasteiger partial charge is 0.339 e. The van der Waals surface area contributed by atoms with Crippen molar-refractivity contribution >= 4 is 10.9 Å². The molecule has 25 heavy (non-hydrogen) atoms. The van der Waals surface area contributed by atoms with Crippen LogP contribution in [0.15, 0.2) is 59.3 Å². The molecule has 0 saturated carbocycles. The Morgan fingerprint density at radius 3 is 2.32 bits per heavy atom. The minimum atomic E-state index is 0.587. The van der Waals surface area contributed by atoms with E-state index in [1.807, 2.05) is 6.92 Å². The van der Waals surface area contributed by atoms with Crippen LogP contribution in [0.4, 0.5) is 0 Å². The predicted molar refractivity (Wildman–Crippen MR) is 99.2 cm³/mol. The number of rotatable bonds is 4. The van der Waals surface area contributed by atoms with Gasteiger partial charge in [-0.3, -0.25) is 4.98 Å². The summed E-state index contributed by atoms with van der Waals surface area (Å²) in [4.78, 5) is 8.92. The van der Waals surface area contributed by atoms with Crippen LogP contribution in [0.1, 0.15) is 25.3 Å². The van der Waals surface area contributed by atoms with E-state index in [1.165, 1.54) is 16.7 Å². The van der Waals surface area contributed by atoms with Crippen LogP contribution >= 0.6 is 0 Å². The van der Waals surface area contributed by atoms with Crippen molar-refractivity contribution < 1.29 is 4.52 Å². The quantitative estimate of drug-likeness (QED) is 0.524. The van der Waals surface area contributed by atoms with Crippen molar-refractivity contribution in [3.05, 3.63) is 66.2 Å². The molecule has 0 N–H and O–H groups in total. The topological polar surface area (TPSA) is 51.8 Å². The monoisotopic (exact) mass is 329 g/mol. The average Bonchev–Trinajstić information content (AvgIpc) is 3.16. The molecule has 0 spiro atoms. The van der Waals surface area contributed by atoms with Crippen LogP contribution in [-0.2, 0) is 12.8 Å². The van der Waals surface area contributed by atoms with Gasteiger partial charge < -0.3 is 4.52 Å². The van der Waals surface area contributed by atoms with Crippen molar-refractivity contribution in [3.8, 4) is 22.5 Å². The number of pyridine rings is 1. The van der Waals surface area contributed by atoms with Gasteiger partial charge in [0.05, 0.1) is 5.52 Å². The van der Waals surface area contributed by atoms with Crippen LogP contribution in [0, 0.1) is 0 Å². The van der Waals surface area contributed by atoms with Crippen LogP contribution in [0.5, 0.6) is 0 Å². The van der Waals surface area contributed by atoms with Crippen LogP contribution in [0.2, 0.25) is 0 Å². The van der Waals surface area contributed by atoms with Gasteiger partial charge in [-0.2, -0.15) is 4.98 Å². The molecule has 0 atom stereocenters. The van der Waals surface area contributed by atoms with E-state index < -0.39 is 0 Å². The van der Waals surface area contributed by atoms with Crippen molar-refractivity contribution in [3.63, 3.8) is 0 Å². The van der Waals surface area contributed by atoms with Crippen LogP contribution in [0.3, 0.4) is 0 Å². The molecule has 4 nitrogen and oxygen atoms in total. The van der Waals surface area contributed by atoms with Gasteiger partial charge in [0.15, 0.2) is 0 Å². The summed E-state index contributed by atoms with van der Waals surface area (Å²) in [7, 11) is 0. The van der Waals surface area contributed by atoms with Gasteiger partial charge in [-0.05, 0) is 41.3 Å². The zero-order valence-corrected chi connectivity index (χ0v) is 14.4. The summed E-state index contributed by atoms with van der Waals surface area (Å²) in [6.45, 7) is 4.16. The highest BCUT2D eigenvalue weighted by Crippen LogP contribution is 2.26. The Kier molecular flexibility index (Phi) is 4.02. The van der Waals surface area contributed by atoms with Crippen molar-refractivity contribution in [2.45, 2.75) is 26.7 Å². The molecule has 2 aromatic carbocycles. The fourth-order valence-electron chi connectivity index (χ4n) is 2.88. The highest BCUT2D eigenvalue weighted by molar-refractivity contribution is 5.87. The fraction of sp³-hybridized carbons (Fsp3) is 0.190. The minimum absolute atomic E-state index is 0.587. The molecule has 0 radical (unpaired) electrons. The van der Waals surface area contributed by atoms with E-state index in [0.29, 0.717) is 11.7 Å². The molecule has 4 rings (SSSR count). The summed E-state index contributed by atoms with van der Waals surface area (Å²) in [5.74, 6) is 1.23. The van der Waals surface area contributed by atoms with Gasteiger partial charge in [0.25, 0.3) is 0 Å². The maximum Gasteiger partial charge on any atom is 0.226 e. The summed E-state index contributed by atoms with van der Waals surface area (Å²) in [5, 5.41) is 5.10. The van der Waals surface area contributed by atoms with Crippen molar-refractivity contribution in [1.82, 2.24) is 15.1 Å². The summed E-state index contributed by atoms with van der Waals surface area (Å²) in [5.41, 5.74) is 5.55. The smallest absolute Gasteiger partial charge is 0.226 e. The van der Waals surface area contributed by atoms with Crippen molar-refractivity contribution in [2.24, 2.45) is 0 Å². The summed E-state index contributed by atoms with van der Waals surface area (Å²) >= 11 is 0. The molecule has 0 fully saturated rings. The van der Waals surface area contributed by atoms with Crippen LogP contribution in [0.25, 0.3) is 33.4 Å². The fourth-order valence-corrected chi connectivity index (χ4v) is 2.88. The predicted octanol–water partition coefficient (Wildman–Crippen LogP) is 5.08. The molecule has 0 saturated heterocycles. The average molecular weight is 329 g/mol. The lowest BCUT2D eigenvalue weighted by Gasteiger charge is -2.06. The van der Waals surface area contributed by atoms with Gasteiger partial charge in [-0.1, -0.05) is 49.3 Å². The molecule has 2 aromatic heterocycles. The maximum atomic E-state index is 5.21. The van der Waals surface area contributed by atoms with Crippen LogP contribution in [-0.4, -0.2) is 15.1 Å². The van der Waals surface area contributed by atoms with Gasteiger partial charge in [0, 0.05) is 23.6 Å². The third-order valence-corrected chi connectivity index (χ3v) is 4.41. The zero-order chi connectivity index (χ0) is 17.2. The number of fused-ring (bicyclic) bond motifs is 1. The molecule has 0 unspecified atom stereocenters. The lowest BCUT2D eigenvalue weighted by atomic mass is 10.0. The molecular weight excluding hydrogens is 310 g/mol. The SMILES string of the molecule is CCc1ccc(-c2ccc3ncc(-c4noc(CC)n4)cc3c2)cc1. The Labute approximate surface area is 146 Å². The number of aryl methyl sites for hydroxylation is 2. The highest BCUT2D eigenvalue weighted by atomic mass is 16.5. The standard InChI is InChI=1S/C21H19N3O/c1-3-14-5-7-15(8-6-14)16-9-10-19-17(11-16)12-18(13-22-19)21-23-20(4-2)25-24-21/h5-13H,3-4H2,1-2H3. The van der Waals surface area contributed by atoms with E-state index in [9.17, 15) is 0 Å². The lowest BCUT2D eigenvalue weighted by molar-refractivity contribution is 0.383. The van der Waals surface area contributed by atoms with Crippen molar-refractivity contribution in [1.29, 1.82) is 0 Å². The first-order valence-electron chi connectivity index (χ1n) is 8.59. The second-order valence-electron chi connectivity index (χ2n) is 6.05. The summed E-state index contributed by atoms with van der Waals surface area (Å²) in [6, 6.07) is 17.1. The molecule has 0 amide bonds. The molecule has 0 aliphatic rings. The summed E-state index contributed by atoms with van der Waals surface area (Å²) in [6.07, 6.45) is 3.57. The second kappa shape index (κ2) is 6.48. The Morgan fingerprint density at radius 1 is 0.840 bits per heavy atom. The highest BCUT2D eigenvalue weighted by Gasteiger charge is 2.09. The molecule has 2 heterocycles. The normalized spacial score (nSPS) is 11.1. The first-order valence-corrected chi connectivity index (χ1v) is 8.59. The molecule has 4 heteroatoms. The number of nitrogens with zero attached hydrogens (tertiary/aromatic N) is 3. The third-order valence-electron chi connectivity index (χ3n) is 4.41. The molecule has 124 valence electrons. The number of hydrogen-bond donors (Lipinski definition) is 0. The third kappa shape index (κ3) is 3.03. The van der Waals surface area contributed by atoms with Gasteiger partial charge in [-0.15, -0.1) is 0 Å². The Bertz CT molecular complexity index is 1020. The minimum Gasteiger partial charge on any atom is -0.339 e. The van der Waals surface area contributed by atoms with Gasteiger partial charge in [0.2, 0.25) is 11.7 Å². The van der Waals surface area contributed by atoms with E-state index in [4.69, 9.17) is 4.52 Å². The first-order chi connectivity index (χ1) is 12.3. The zero-order valence-electron chi connectivity index (χ0n) is 14.4. The first kappa shape index (κ1) is 15.5. The second-order valence-corrected chi connectivity index (χ2v) is 6.05. The number of hydrogen-bond acceptors (Lipinski definition) is 4. The van der Waals surface area contributed by atoms with Crippen molar-refractivity contribution in [2.75, 3.05) is 0 Å². The lowest BCUT2D eigenvalue weighted by Crippen LogP contribution is -1.87. The van der Waals surface area contributed by atoms with E-state index in [-0.39, 0.29) is 0 Å². The molecule has 0 aliphatic heterocycles. The van der Waals surface area contributed by atoms with Crippen LogP contribution < -0.4 is 0 Å². The molecule has 0 aliphatic carbocycles. The van der Waals surface area contributed by atoms with E-state index in [1.54, 1.807) is 6.20 Å². The Hall–Kier alpha value is -3.01. The van der Waals surface area contributed by atoms with E-state index in [2.05, 4.69) is 70.6 Å². The van der Waals surface area contributed by atoms with Gasteiger partial charge in [0.1, 0.15) is 0 Å². The van der Waals surface area contributed by atoms with Gasteiger partial charge in [-0.25, -0.2) is 0 Å². The number of benzene rings is 2. The molecule has 4 aromatic rings. The Morgan fingerprint density at radius 2 is 1.60 bits per heavy atom. The van der Waals surface area contributed by atoms with E-state index in [0.717, 1.165) is 29.3 Å². The summed E-state index contributed by atoms with van der Waals surface area (Å²) < 4.78 is 5.21. The van der Waals surface area contributed by atoms with Gasteiger partial charge >= 0.3 is 0 Å². The Balaban J connectivity index is 1.75. The molecular formula is C21H19N3O. The number of aromatic nitrogens is 3. The maximum absolute atomic E-state index is 5.21. The molecule has 0 bridgehead atoms.